The van der Waals surface area contributed by atoms with Crippen LogP contribution in [0.15, 0.2) is 49.4 Å². The fraction of sp³-hybridized carbons (Fsp3) is 0.133. The van der Waals surface area contributed by atoms with E-state index in [9.17, 15) is 4.79 Å². The van der Waals surface area contributed by atoms with Gasteiger partial charge in [-0.2, -0.15) is 5.10 Å². The number of carbonyl (C=O) groups is 1. The number of carbonyl (C=O) groups excluding carboxylic acids is 1. The molecule has 0 saturated carbocycles. The second kappa shape index (κ2) is 6.13. The molecule has 22 heavy (non-hydrogen) atoms. The van der Waals surface area contributed by atoms with E-state index in [1.165, 1.54) is 18.6 Å². The summed E-state index contributed by atoms with van der Waals surface area (Å²) < 4.78 is 1.73. The van der Waals surface area contributed by atoms with E-state index in [0.29, 0.717) is 12.2 Å². The number of aromatic nitrogens is 5. The molecule has 3 heterocycles. The number of rotatable bonds is 4. The average Bonchev–Trinajstić information content (AvgIpc) is 3.00. The molecular formula is C15H14N6O. The monoisotopic (exact) mass is 294 g/mol. The van der Waals surface area contributed by atoms with Crippen molar-refractivity contribution in [1.82, 2.24) is 30.0 Å². The van der Waals surface area contributed by atoms with Crippen molar-refractivity contribution in [2.24, 2.45) is 7.05 Å². The first-order valence-corrected chi connectivity index (χ1v) is 6.69. The topological polar surface area (TPSA) is 85.6 Å². The second-order valence-electron chi connectivity index (χ2n) is 4.76. The maximum absolute atomic E-state index is 11.9. The Morgan fingerprint density at radius 1 is 1.14 bits per heavy atom. The Bertz CT molecular complexity index is 783. The Balaban J connectivity index is 1.70. The van der Waals surface area contributed by atoms with Crippen LogP contribution in [0, 0.1) is 0 Å². The van der Waals surface area contributed by atoms with Crippen molar-refractivity contribution >= 4 is 5.91 Å². The zero-order valence-corrected chi connectivity index (χ0v) is 12.0. The van der Waals surface area contributed by atoms with Crippen LogP contribution >= 0.6 is 0 Å². The molecule has 0 saturated heterocycles. The molecule has 0 aliphatic rings. The van der Waals surface area contributed by atoms with E-state index < -0.39 is 0 Å². The van der Waals surface area contributed by atoms with Crippen LogP contribution in [-0.2, 0) is 13.6 Å². The highest BCUT2D eigenvalue weighted by molar-refractivity contribution is 5.91. The zero-order chi connectivity index (χ0) is 15.4. The van der Waals surface area contributed by atoms with Crippen molar-refractivity contribution in [1.29, 1.82) is 0 Å². The van der Waals surface area contributed by atoms with E-state index in [0.717, 1.165) is 16.7 Å². The van der Waals surface area contributed by atoms with Gasteiger partial charge in [0.15, 0.2) is 0 Å². The Labute approximate surface area is 127 Å². The van der Waals surface area contributed by atoms with Gasteiger partial charge in [0.05, 0.1) is 12.4 Å². The van der Waals surface area contributed by atoms with Gasteiger partial charge in [-0.1, -0.05) is 0 Å². The molecule has 0 radical (unpaired) electrons. The zero-order valence-electron chi connectivity index (χ0n) is 12.0. The Kier molecular flexibility index (Phi) is 3.86. The summed E-state index contributed by atoms with van der Waals surface area (Å²) in [6.45, 7) is 0.372. The molecule has 3 rings (SSSR count). The van der Waals surface area contributed by atoms with E-state index in [1.807, 2.05) is 19.3 Å². The first kappa shape index (κ1) is 13.9. The first-order chi connectivity index (χ1) is 10.7. The summed E-state index contributed by atoms with van der Waals surface area (Å²) >= 11 is 0. The Morgan fingerprint density at radius 3 is 2.77 bits per heavy atom. The Morgan fingerprint density at radius 2 is 2.05 bits per heavy atom. The molecule has 0 fully saturated rings. The number of amides is 1. The number of nitrogens with one attached hydrogen (secondary N) is 1. The van der Waals surface area contributed by atoms with Gasteiger partial charge in [-0.25, -0.2) is 4.98 Å². The summed E-state index contributed by atoms with van der Waals surface area (Å²) in [6.07, 6.45) is 11.6. The number of nitrogens with zero attached hydrogens (tertiary/aromatic N) is 5. The van der Waals surface area contributed by atoms with Crippen LogP contribution in [0.5, 0.6) is 0 Å². The molecular weight excluding hydrogens is 280 g/mol. The van der Waals surface area contributed by atoms with E-state index in [-0.39, 0.29) is 5.91 Å². The summed E-state index contributed by atoms with van der Waals surface area (Å²) in [7, 11) is 1.86. The fourth-order valence-corrected chi connectivity index (χ4v) is 2.00. The van der Waals surface area contributed by atoms with Gasteiger partial charge in [-0.15, -0.1) is 0 Å². The van der Waals surface area contributed by atoms with Gasteiger partial charge < -0.3 is 5.32 Å². The summed E-state index contributed by atoms with van der Waals surface area (Å²) in [5.41, 5.74) is 3.13. The van der Waals surface area contributed by atoms with Gasteiger partial charge >= 0.3 is 0 Å². The minimum Gasteiger partial charge on any atom is -0.347 e. The van der Waals surface area contributed by atoms with Crippen LogP contribution in [0.25, 0.3) is 11.1 Å². The minimum atomic E-state index is -0.264. The molecule has 1 amide bonds. The van der Waals surface area contributed by atoms with Crippen LogP contribution in [0.3, 0.4) is 0 Å². The second-order valence-corrected chi connectivity index (χ2v) is 4.76. The van der Waals surface area contributed by atoms with Crippen molar-refractivity contribution in [3.05, 3.63) is 60.7 Å². The number of hydrogen-bond acceptors (Lipinski definition) is 5. The van der Waals surface area contributed by atoms with E-state index >= 15 is 0 Å². The molecule has 1 N–H and O–H groups in total. The van der Waals surface area contributed by atoms with Crippen molar-refractivity contribution in [3.8, 4) is 11.1 Å². The molecule has 0 unspecified atom stereocenters. The number of aryl methyl sites for hydroxylation is 1. The molecule has 0 aromatic carbocycles. The summed E-state index contributed by atoms with van der Waals surface area (Å²) in [5.74, 6) is -0.264. The van der Waals surface area contributed by atoms with E-state index in [2.05, 4.69) is 25.4 Å². The van der Waals surface area contributed by atoms with Gasteiger partial charge in [-0.3, -0.25) is 19.4 Å². The molecule has 0 aliphatic carbocycles. The van der Waals surface area contributed by atoms with Crippen molar-refractivity contribution in [2.75, 3.05) is 0 Å². The predicted octanol–water partition coefficient (Wildman–Crippen LogP) is 1.20. The predicted molar refractivity (Wildman–Crippen MR) is 79.6 cm³/mol. The number of pyridine rings is 1. The Hall–Kier alpha value is -3.09. The van der Waals surface area contributed by atoms with Crippen LogP contribution in [-0.4, -0.2) is 30.6 Å². The van der Waals surface area contributed by atoms with E-state index in [4.69, 9.17) is 0 Å². The summed E-state index contributed by atoms with van der Waals surface area (Å²) in [5, 5.41) is 6.94. The lowest BCUT2D eigenvalue weighted by Crippen LogP contribution is -2.23. The quantitative estimate of drug-likeness (QED) is 0.781. The van der Waals surface area contributed by atoms with E-state index in [1.54, 1.807) is 23.3 Å². The molecule has 0 spiro atoms. The third kappa shape index (κ3) is 3.14. The molecule has 3 aromatic heterocycles. The van der Waals surface area contributed by atoms with Gasteiger partial charge in [0.1, 0.15) is 5.69 Å². The first-order valence-electron chi connectivity index (χ1n) is 6.69. The summed E-state index contributed by atoms with van der Waals surface area (Å²) in [4.78, 5) is 24.0. The average molecular weight is 294 g/mol. The lowest BCUT2D eigenvalue weighted by atomic mass is 10.1. The highest BCUT2D eigenvalue weighted by Gasteiger charge is 2.07. The third-order valence-electron chi connectivity index (χ3n) is 3.08. The highest BCUT2D eigenvalue weighted by atomic mass is 16.1. The third-order valence-corrected chi connectivity index (χ3v) is 3.08. The molecule has 0 aliphatic heterocycles. The normalized spacial score (nSPS) is 10.4. The van der Waals surface area contributed by atoms with Crippen molar-refractivity contribution in [3.63, 3.8) is 0 Å². The van der Waals surface area contributed by atoms with Gasteiger partial charge in [0, 0.05) is 55.7 Å². The van der Waals surface area contributed by atoms with Crippen molar-refractivity contribution in [2.45, 2.75) is 6.54 Å². The molecule has 3 aromatic rings. The largest absolute Gasteiger partial charge is 0.347 e. The SMILES string of the molecule is Cn1cc(-c2cncc(CNC(=O)c3cnccn3)c2)cn1. The molecule has 7 heteroatoms. The van der Waals surface area contributed by atoms with Gasteiger partial charge in [-0.05, 0) is 11.6 Å². The maximum Gasteiger partial charge on any atom is 0.271 e. The molecule has 0 atom stereocenters. The summed E-state index contributed by atoms with van der Waals surface area (Å²) in [6, 6.07) is 1.97. The van der Waals surface area contributed by atoms with Crippen LogP contribution < -0.4 is 5.32 Å². The smallest absolute Gasteiger partial charge is 0.271 e. The van der Waals surface area contributed by atoms with Crippen LogP contribution in [0.4, 0.5) is 0 Å². The highest BCUT2D eigenvalue weighted by Crippen LogP contribution is 2.18. The lowest BCUT2D eigenvalue weighted by Gasteiger charge is -2.05. The van der Waals surface area contributed by atoms with Gasteiger partial charge in [0.25, 0.3) is 5.91 Å². The van der Waals surface area contributed by atoms with Crippen LogP contribution in [0.2, 0.25) is 0 Å². The maximum atomic E-state index is 11.9. The molecule has 0 bridgehead atoms. The molecule has 7 nitrogen and oxygen atoms in total. The number of hydrogen-bond donors (Lipinski definition) is 1. The van der Waals surface area contributed by atoms with Gasteiger partial charge in [0.2, 0.25) is 0 Å². The minimum absolute atomic E-state index is 0.264. The standard InChI is InChI=1S/C15H14N6O/c1-21-10-13(8-20-21)12-4-11(5-17-7-12)6-19-15(22)14-9-16-2-3-18-14/h2-5,7-10H,6H2,1H3,(H,19,22). The lowest BCUT2D eigenvalue weighted by molar-refractivity contribution is 0.0945. The van der Waals surface area contributed by atoms with Crippen molar-refractivity contribution < 1.29 is 4.79 Å². The molecule has 110 valence electrons. The fourth-order valence-electron chi connectivity index (χ4n) is 2.00. The van der Waals surface area contributed by atoms with Crippen LogP contribution in [0.1, 0.15) is 16.1 Å².